The predicted octanol–water partition coefficient (Wildman–Crippen LogP) is 4.31. The first-order chi connectivity index (χ1) is 12.5. The Morgan fingerprint density at radius 3 is 2.31 bits per heavy atom. The van der Waals surface area contributed by atoms with Gasteiger partial charge in [-0.2, -0.15) is 5.26 Å². The number of hydrogen-bond donors (Lipinski definition) is 1. The summed E-state index contributed by atoms with van der Waals surface area (Å²) in [7, 11) is 1.33. The van der Waals surface area contributed by atoms with Crippen molar-refractivity contribution in [1.29, 1.82) is 5.26 Å². The fraction of sp³-hybridized carbons (Fsp3) is 0.0500. The van der Waals surface area contributed by atoms with Gasteiger partial charge in [-0.1, -0.05) is 35.9 Å². The van der Waals surface area contributed by atoms with E-state index in [4.69, 9.17) is 22.1 Å². The summed E-state index contributed by atoms with van der Waals surface area (Å²) in [5, 5.41) is 10.1. The number of benzene rings is 2. The van der Waals surface area contributed by atoms with Gasteiger partial charge in [0.15, 0.2) is 0 Å². The number of anilines is 1. The molecule has 2 N–H and O–H groups in total. The first-order valence-electron chi connectivity index (χ1n) is 7.69. The lowest BCUT2D eigenvalue weighted by Gasteiger charge is -2.11. The lowest BCUT2D eigenvalue weighted by Crippen LogP contribution is -2.02. The Balaban J connectivity index is 2.12. The van der Waals surface area contributed by atoms with E-state index < -0.39 is 5.97 Å². The van der Waals surface area contributed by atoms with Crippen LogP contribution in [0.25, 0.3) is 22.4 Å². The molecule has 3 rings (SSSR count). The minimum atomic E-state index is -0.423. The number of carbonyl (C=O) groups is 1. The highest BCUT2D eigenvalue weighted by Gasteiger charge is 2.14. The van der Waals surface area contributed by atoms with Gasteiger partial charge in [-0.3, -0.25) is 0 Å². The molecule has 0 fully saturated rings. The van der Waals surface area contributed by atoms with E-state index in [1.54, 1.807) is 42.5 Å². The van der Waals surface area contributed by atoms with E-state index in [0.29, 0.717) is 21.8 Å². The van der Waals surface area contributed by atoms with Gasteiger partial charge >= 0.3 is 5.97 Å². The van der Waals surface area contributed by atoms with Crippen LogP contribution in [-0.2, 0) is 4.74 Å². The quantitative estimate of drug-likeness (QED) is 0.700. The molecule has 6 heteroatoms. The monoisotopic (exact) mass is 363 g/mol. The van der Waals surface area contributed by atoms with Crippen LogP contribution in [0.2, 0.25) is 5.02 Å². The highest BCUT2D eigenvalue weighted by atomic mass is 35.5. The number of nitrogens with two attached hydrogens (primary N) is 1. The molecule has 1 aromatic heterocycles. The summed E-state index contributed by atoms with van der Waals surface area (Å²) in [6.07, 6.45) is 0. The van der Waals surface area contributed by atoms with E-state index >= 15 is 0 Å². The molecule has 0 aliphatic heterocycles. The minimum Gasteiger partial charge on any atom is -0.465 e. The molecule has 2 aromatic carbocycles. The van der Waals surface area contributed by atoms with Gasteiger partial charge in [-0.15, -0.1) is 0 Å². The van der Waals surface area contributed by atoms with Gasteiger partial charge in [0.2, 0.25) is 0 Å². The van der Waals surface area contributed by atoms with Crippen molar-refractivity contribution in [1.82, 2.24) is 4.98 Å². The molecular formula is C20H14ClN3O2. The van der Waals surface area contributed by atoms with Gasteiger partial charge in [0.25, 0.3) is 0 Å². The average molecular weight is 364 g/mol. The molecule has 0 atom stereocenters. The SMILES string of the molecule is COC(=O)c1ccc(-c2cc(-c3ccc(Cl)cc3)nc(N)c2C#N)cc1. The maximum absolute atomic E-state index is 11.6. The van der Waals surface area contributed by atoms with E-state index in [-0.39, 0.29) is 11.4 Å². The van der Waals surface area contributed by atoms with Crippen LogP contribution in [0.3, 0.4) is 0 Å². The van der Waals surface area contributed by atoms with E-state index in [9.17, 15) is 10.1 Å². The smallest absolute Gasteiger partial charge is 0.337 e. The van der Waals surface area contributed by atoms with Crippen molar-refractivity contribution in [3.8, 4) is 28.5 Å². The normalized spacial score (nSPS) is 10.2. The zero-order chi connectivity index (χ0) is 18.7. The number of halogens is 1. The van der Waals surface area contributed by atoms with Gasteiger partial charge in [-0.25, -0.2) is 9.78 Å². The van der Waals surface area contributed by atoms with Crippen molar-refractivity contribution >= 4 is 23.4 Å². The number of nitrogens with zero attached hydrogens (tertiary/aromatic N) is 2. The number of nitrogen functional groups attached to an aromatic ring is 1. The Morgan fingerprint density at radius 2 is 1.73 bits per heavy atom. The third-order valence-corrected chi connectivity index (χ3v) is 4.17. The second kappa shape index (κ2) is 7.26. The summed E-state index contributed by atoms with van der Waals surface area (Å²) >= 11 is 5.93. The third-order valence-electron chi connectivity index (χ3n) is 3.92. The number of esters is 1. The fourth-order valence-electron chi connectivity index (χ4n) is 2.58. The van der Waals surface area contributed by atoms with E-state index in [0.717, 1.165) is 11.1 Å². The zero-order valence-electron chi connectivity index (χ0n) is 13.9. The average Bonchev–Trinajstić information content (AvgIpc) is 2.67. The Bertz CT molecular complexity index is 1010. The first-order valence-corrected chi connectivity index (χ1v) is 8.06. The number of hydrogen-bond acceptors (Lipinski definition) is 5. The Labute approximate surface area is 155 Å². The van der Waals surface area contributed by atoms with Gasteiger partial charge in [0.05, 0.1) is 18.4 Å². The summed E-state index contributed by atoms with van der Waals surface area (Å²) < 4.78 is 4.70. The van der Waals surface area contributed by atoms with Crippen LogP contribution in [0.5, 0.6) is 0 Å². The number of nitriles is 1. The molecule has 0 saturated heterocycles. The summed E-state index contributed by atoms with van der Waals surface area (Å²) in [5.74, 6) is -0.278. The molecule has 0 radical (unpaired) electrons. The largest absolute Gasteiger partial charge is 0.465 e. The summed E-state index contributed by atoms with van der Waals surface area (Å²) in [6.45, 7) is 0. The fourth-order valence-corrected chi connectivity index (χ4v) is 2.71. The number of methoxy groups -OCH3 is 1. The van der Waals surface area contributed by atoms with Crippen molar-refractivity contribution in [2.24, 2.45) is 0 Å². The Morgan fingerprint density at radius 1 is 1.12 bits per heavy atom. The van der Waals surface area contributed by atoms with Crippen molar-refractivity contribution < 1.29 is 9.53 Å². The number of ether oxygens (including phenoxy) is 1. The van der Waals surface area contributed by atoms with Gasteiger partial charge < -0.3 is 10.5 Å². The molecule has 0 amide bonds. The molecule has 3 aromatic rings. The second-order valence-corrected chi connectivity index (χ2v) is 5.94. The lowest BCUT2D eigenvalue weighted by molar-refractivity contribution is 0.0601. The van der Waals surface area contributed by atoms with Crippen molar-refractivity contribution in [3.05, 3.63) is 70.7 Å². The standard InChI is InChI=1S/C20H14ClN3O2/c1-26-20(25)14-4-2-12(3-5-14)16-10-18(24-19(23)17(16)11-22)13-6-8-15(21)9-7-13/h2-10H,1H3,(H2,23,24). The molecule has 26 heavy (non-hydrogen) atoms. The Kier molecular flexibility index (Phi) is 4.87. The van der Waals surface area contributed by atoms with E-state index in [2.05, 4.69) is 11.1 Å². The molecule has 0 unspecified atom stereocenters. The number of carbonyl (C=O) groups excluding carboxylic acids is 1. The van der Waals surface area contributed by atoms with Crippen molar-refractivity contribution in [2.75, 3.05) is 12.8 Å². The second-order valence-electron chi connectivity index (χ2n) is 5.50. The van der Waals surface area contributed by atoms with Gasteiger partial charge in [-0.05, 0) is 35.9 Å². The maximum atomic E-state index is 11.6. The first kappa shape index (κ1) is 17.5. The van der Waals surface area contributed by atoms with E-state index in [1.807, 2.05) is 12.1 Å². The van der Waals surface area contributed by atoms with Crippen LogP contribution in [0.1, 0.15) is 15.9 Å². The highest BCUT2D eigenvalue weighted by molar-refractivity contribution is 6.30. The minimum absolute atomic E-state index is 0.145. The Hall–Kier alpha value is -3.36. The topological polar surface area (TPSA) is 89.0 Å². The molecular weight excluding hydrogens is 350 g/mol. The molecule has 1 heterocycles. The summed E-state index contributed by atoms with van der Waals surface area (Å²) in [6, 6.07) is 17.9. The third kappa shape index (κ3) is 3.37. The molecule has 0 saturated carbocycles. The van der Waals surface area contributed by atoms with Crippen LogP contribution in [0.4, 0.5) is 5.82 Å². The number of rotatable bonds is 3. The van der Waals surface area contributed by atoms with Crippen molar-refractivity contribution in [3.63, 3.8) is 0 Å². The van der Waals surface area contributed by atoms with Crippen molar-refractivity contribution in [2.45, 2.75) is 0 Å². The van der Waals surface area contributed by atoms with E-state index in [1.165, 1.54) is 7.11 Å². The molecule has 5 nitrogen and oxygen atoms in total. The summed E-state index contributed by atoms with van der Waals surface area (Å²) in [5.41, 5.74) is 9.56. The molecule has 0 bridgehead atoms. The predicted molar refractivity (Wildman–Crippen MR) is 101 cm³/mol. The van der Waals surface area contributed by atoms with Crippen LogP contribution >= 0.6 is 11.6 Å². The molecule has 0 aliphatic carbocycles. The van der Waals surface area contributed by atoms with Gasteiger partial charge in [0, 0.05) is 16.1 Å². The summed E-state index contributed by atoms with van der Waals surface area (Å²) in [4.78, 5) is 15.9. The molecule has 128 valence electrons. The van der Waals surface area contributed by atoms with Gasteiger partial charge in [0.1, 0.15) is 17.5 Å². The maximum Gasteiger partial charge on any atom is 0.337 e. The lowest BCUT2D eigenvalue weighted by atomic mass is 9.97. The van der Waals surface area contributed by atoms with Crippen LogP contribution in [-0.4, -0.2) is 18.1 Å². The van der Waals surface area contributed by atoms with Crippen LogP contribution in [0, 0.1) is 11.3 Å². The number of aromatic nitrogens is 1. The molecule has 0 aliphatic rings. The zero-order valence-corrected chi connectivity index (χ0v) is 14.6. The number of pyridine rings is 1. The molecule has 0 spiro atoms. The van der Waals surface area contributed by atoms with Crippen LogP contribution < -0.4 is 5.73 Å². The van der Waals surface area contributed by atoms with Crippen LogP contribution in [0.15, 0.2) is 54.6 Å². The highest BCUT2D eigenvalue weighted by Crippen LogP contribution is 2.31.